The first-order valence-electron chi connectivity index (χ1n) is 8.32. The van der Waals surface area contributed by atoms with Crippen LogP contribution in [-0.2, 0) is 6.54 Å². The van der Waals surface area contributed by atoms with Crippen LogP contribution in [0.3, 0.4) is 0 Å². The van der Waals surface area contributed by atoms with Gasteiger partial charge in [0.05, 0.1) is 6.04 Å². The van der Waals surface area contributed by atoms with E-state index >= 15 is 0 Å². The summed E-state index contributed by atoms with van der Waals surface area (Å²) >= 11 is 1.67. The van der Waals surface area contributed by atoms with Gasteiger partial charge in [-0.05, 0) is 52.8 Å². The van der Waals surface area contributed by atoms with Crippen LogP contribution >= 0.6 is 11.3 Å². The van der Waals surface area contributed by atoms with Crippen LogP contribution < -0.4 is 10.6 Å². The van der Waals surface area contributed by atoms with Gasteiger partial charge < -0.3 is 15.5 Å². The van der Waals surface area contributed by atoms with Gasteiger partial charge in [-0.1, -0.05) is 42.5 Å². The van der Waals surface area contributed by atoms with E-state index in [1.807, 2.05) is 32.3 Å². The Morgan fingerprint density at radius 1 is 1.08 bits per heavy atom. The molecule has 0 saturated heterocycles. The van der Waals surface area contributed by atoms with Gasteiger partial charge in [-0.25, -0.2) is 4.79 Å². The summed E-state index contributed by atoms with van der Waals surface area (Å²) in [4.78, 5) is 14.3. The average Bonchev–Trinajstić information content (AvgIpc) is 3.14. The molecule has 1 heterocycles. The Bertz CT molecular complexity index is 825. The van der Waals surface area contributed by atoms with Crippen LogP contribution in [0.4, 0.5) is 4.79 Å². The molecule has 130 valence electrons. The largest absolute Gasteiger partial charge is 0.336 e. The molecule has 0 bridgehead atoms. The molecule has 0 fully saturated rings. The fraction of sp³-hybridized carbons (Fsp3) is 0.250. The van der Waals surface area contributed by atoms with Crippen LogP contribution in [-0.4, -0.2) is 31.6 Å². The molecular formula is C20H23N3OS. The number of carbonyl (C=O) groups excluding carboxylic acids is 1. The zero-order valence-electron chi connectivity index (χ0n) is 14.5. The maximum Gasteiger partial charge on any atom is 0.315 e. The number of carbonyl (C=O) groups is 1. The summed E-state index contributed by atoms with van der Waals surface area (Å²) in [5, 5.41) is 12.5. The lowest BCUT2D eigenvalue weighted by atomic mass is 10.0. The Labute approximate surface area is 152 Å². The second-order valence-corrected chi connectivity index (χ2v) is 7.02. The zero-order valence-corrected chi connectivity index (χ0v) is 15.3. The molecule has 0 saturated carbocycles. The molecule has 2 amide bonds. The zero-order chi connectivity index (χ0) is 17.6. The standard InChI is InChI=1S/C20H23N3OS/c1-23(2)19(17-10-11-25-14-17)13-22-20(24)21-12-16-8-5-7-15-6-3-4-9-18(15)16/h3-11,14,19H,12-13H2,1-2H3,(H2,21,22,24)/t19-/m0/s1. The predicted molar refractivity (Wildman–Crippen MR) is 105 cm³/mol. The minimum atomic E-state index is -0.144. The molecule has 25 heavy (non-hydrogen) atoms. The first-order chi connectivity index (χ1) is 12.1. The van der Waals surface area contributed by atoms with Crippen LogP contribution in [0.25, 0.3) is 10.8 Å². The van der Waals surface area contributed by atoms with Gasteiger partial charge in [0.25, 0.3) is 0 Å². The van der Waals surface area contributed by atoms with Gasteiger partial charge in [-0.3, -0.25) is 0 Å². The highest BCUT2D eigenvalue weighted by Gasteiger charge is 2.15. The van der Waals surface area contributed by atoms with E-state index in [0.29, 0.717) is 13.1 Å². The van der Waals surface area contributed by atoms with E-state index in [1.54, 1.807) is 11.3 Å². The number of rotatable bonds is 6. The van der Waals surface area contributed by atoms with Crippen LogP contribution in [0, 0.1) is 0 Å². The summed E-state index contributed by atoms with van der Waals surface area (Å²) in [5.74, 6) is 0. The van der Waals surface area contributed by atoms with Crippen molar-refractivity contribution in [1.82, 2.24) is 15.5 Å². The molecule has 2 N–H and O–H groups in total. The third-order valence-electron chi connectivity index (χ3n) is 4.33. The smallest absolute Gasteiger partial charge is 0.315 e. The Morgan fingerprint density at radius 2 is 1.88 bits per heavy atom. The van der Waals surface area contributed by atoms with Crippen molar-refractivity contribution in [1.29, 1.82) is 0 Å². The molecule has 0 aliphatic rings. The number of hydrogen-bond donors (Lipinski definition) is 2. The van der Waals surface area contributed by atoms with Crippen LogP contribution in [0.5, 0.6) is 0 Å². The topological polar surface area (TPSA) is 44.4 Å². The summed E-state index contributed by atoms with van der Waals surface area (Å²) in [6.45, 7) is 1.09. The lowest BCUT2D eigenvalue weighted by Crippen LogP contribution is -2.40. The molecule has 0 radical (unpaired) electrons. The number of hydrogen-bond acceptors (Lipinski definition) is 3. The number of urea groups is 1. The van der Waals surface area contributed by atoms with E-state index < -0.39 is 0 Å². The van der Waals surface area contributed by atoms with E-state index in [4.69, 9.17) is 0 Å². The van der Waals surface area contributed by atoms with E-state index in [1.165, 1.54) is 16.3 Å². The molecule has 0 spiro atoms. The molecule has 3 rings (SSSR count). The second kappa shape index (κ2) is 8.14. The molecule has 5 heteroatoms. The van der Waals surface area contributed by atoms with E-state index in [9.17, 15) is 4.79 Å². The van der Waals surface area contributed by atoms with Gasteiger partial charge in [0, 0.05) is 13.1 Å². The van der Waals surface area contributed by atoms with Crippen molar-refractivity contribution in [2.24, 2.45) is 0 Å². The molecule has 4 nitrogen and oxygen atoms in total. The van der Waals surface area contributed by atoms with Gasteiger partial charge >= 0.3 is 6.03 Å². The first-order valence-corrected chi connectivity index (χ1v) is 9.26. The minimum Gasteiger partial charge on any atom is -0.336 e. The van der Waals surface area contributed by atoms with E-state index in [2.05, 4.69) is 56.6 Å². The highest BCUT2D eigenvalue weighted by Crippen LogP contribution is 2.20. The predicted octanol–water partition coefficient (Wildman–Crippen LogP) is 4.00. The average molecular weight is 353 g/mol. The van der Waals surface area contributed by atoms with Crippen molar-refractivity contribution >= 4 is 28.1 Å². The Kier molecular flexibility index (Phi) is 5.68. The summed E-state index contributed by atoms with van der Waals surface area (Å²) < 4.78 is 0. The molecular weight excluding hydrogens is 330 g/mol. The summed E-state index contributed by atoms with van der Waals surface area (Å²) in [5.41, 5.74) is 2.35. The third kappa shape index (κ3) is 4.38. The third-order valence-corrected chi connectivity index (χ3v) is 5.03. The van der Waals surface area contributed by atoms with Crippen molar-refractivity contribution in [3.8, 4) is 0 Å². The van der Waals surface area contributed by atoms with Crippen LogP contribution in [0.2, 0.25) is 0 Å². The number of nitrogens with one attached hydrogen (secondary N) is 2. The SMILES string of the molecule is CN(C)[C@@H](CNC(=O)NCc1cccc2ccccc12)c1ccsc1. The van der Waals surface area contributed by atoms with Crippen molar-refractivity contribution in [2.45, 2.75) is 12.6 Å². The van der Waals surface area contributed by atoms with Gasteiger partial charge in [0.15, 0.2) is 0 Å². The fourth-order valence-electron chi connectivity index (χ4n) is 2.94. The van der Waals surface area contributed by atoms with Gasteiger partial charge in [0.1, 0.15) is 0 Å². The van der Waals surface area contributed by atoms with Crippen LogP contribution in [0.15, 0.2) is 59.3 Å². The Hall–Kier alpha value is -2.37. The molecule has 0 unspecified atom stereocenters. The van der Waals surface area contributed by atoms with Gasteiger partial charge in [0.2, 0.25) is 0 Å². The van der Waals surface area contributed by atoms with Crippen molar-refractivity contribution < 1.29 is 4.79 Å². The van der Waals surface area contributed by atoms with Crippen molar-refractivity contribution in [3.63, 3.8) is 0 Å². The summed E-state index contributed by atoms with van der Waals surface area (Å²) in [7, 11) is 4.05. The quantitative estimate of drug-likeness (QED) is 0.703. The highest BCUT2D eigenvalue weighted by atomic mass is 32.1. The summed E-state index contributed by atoms with van der Waals surface area (Å²) in [6, 6.07) is 16.5. The van der Waals surface area contributed by atoms with Crippen LogP contribution in [0.1, 0.15) is 17.2 Å². The normalized spacial score (nSPS) is 12.3. The lowest BCUT2D eigenvalue weighted by Gasteiger charge is -2.24. The maximum atomic E-state index is 12.2. The van der Waals surface area contributed by atoms with E-state index in [-0.39, 0.29) is 12.1 Å². The molecule has 0 aliphatic heterocycles. The highest BCUT2D eigenvalue weighted by molar-refractivity contribution is 7.07. The number of thiophene rings is 1. The molecule has 1 aromatic heterocycles. The van der Waals surface area contributed by atoms with Gasteiger partial charge in [-0.15, -0.1) is 0 Å². The number of fused-ring (bicyclic) bond motifs is 1. The number of amides is 2. The second-order valence-electron chi connectivity index (χ2n) is 6.24. The maximum absolute atomic E-state index is 12.2. The fourth-order valence-corrected chi connectivity index (χ4v) is 3.64. The number of benzene rings is 2. The molecule has 2 aromatic carbocycles. The minimum absolute atomic E-state index is 0.144. The first kappa shape index (κ1) is 17.5. The Morgan fingerprint density at radius 3 is 2.64 bits per heavy atom. The lowest BCUT2D eigenvalue weighted by molar-refractivity contribution is 0.232. The monoisotopic (exact) mass is 353 g/mol. The Balaban J connectivity index is 1.57. The number of nitrogens with zero attached hydrogens (tertiary/aromatic N) is 1. The van der Waals surface area contributed by atoms with Gasteiger partial charge in [-0.2, -0.15) is 11.3 Å². The summed E-state index contributed by atoms with van der Waals surface area (Å²) in [6.07, 6.45) is 0. The van der Waals surface area contributed by atoms with E-state index in [0.717, 1.165) is 5.56 Å². The molecule has 0 aliphatic carbocycles. The van der Waals surface area contributed by atoms with Crippen molar-refractivity contribution in [3.05, 3.63) is 70.4 Å². The van der Waals surface area contributed by atoms with Crippen molar-refractivity contribution in [2.75, 3.05) is 20.6 Å². The molecule has 3 aromatic rings. The molecule has 1 atom stereocenters. The number of likely N-dealkylation sites (N-methyl/N-ethyl adjacent to an activating group) is 1.